The summed E-state index contributed by atoms with van der Waals surface area (Å²) in [6.07, 6.45) is -1.11. The van der Waals surface area contributed by atoms with Crippen molar-refractivity contribution in [2.45, 2.75) is 6.10 Å². The molecule has 2 aromatic rings. The van der Waals surface area contributed by atoms with Gasteiger partial charge in [0.1, 0.15) is 11.6 Å². The average Bonchev–Trinajstić information content (AvgIpc) is 3.17. The van der Waals surface area contributed by atoms with E-state index in [2.05, 4.69) is 5.16 Å². The standard InChI is InChI=1S/C18H11ClN2O4/c19-11-6-8-12(9-7-11)21-17(23)13-14(20-25-16(13)18(21)24)15(22)10-4-2-1-3-5-10/h1-9,13,16H. The summed E-state index contributed by atoms with van der Waals surface area (Å²) in [6, 6.07) is 14.7. The molecule has 124 valence electrons. The summed E-state index contributed by atoms with van der Waals surface area (Å²) in [5.41, 5.74) is 0.714. The topological polar surface area (TPSA) is 76.0 Å². The molecule has 2 heterocycles. The van der Waals surface area contributed by atoms with Crippen molar-refractivity contribution >= 4 is 40.6 Å². The number of benzene rings is 2. The van der Waals surface area contributed by atoms with Gasteiger partial charge in [-0.3, -0.25) is 14.4 Å². The van der Waals surface area contributed by atoms with Gasteiger partial charge < -0.3 is 4.84 Å². The van der Waals surface area contributed by atoms with Gasteiger partial charge in [-0.2, -0.15) is 0 Å². The number of anilines is 1. The van der Waals surface area contributed by atoms with Gasteiger partial charge in [0.05, 0.1) is 5.69 Å². The number of hydrogen-bond donors (Lipinski definition) is 0. The minimum absolute atomic E-state index is 0.0500. The molecule has 25 heavy (non-hydrogen) atoms. The van der Waals surface area contributed by atoms with Crippen molar-refractivity contribution in [3.8, 4) is 0 Å². The molecule has 0 aromatic heterocycles. The Balaban J connectivity index is 1.67. The van der Waals surface area contributed by atoms with Gasteiger partial charge in [-0.05, 0) is 24.3 Å². The number of nitrogens with zero attached hydrogens (tertiary/aromatic N) is 2. The number of amides is 2. The quantitative estimate of drug-likeness (QED) is 0.626. The smallest absolute Gasteiger partial charge is 0.278 e. The predicted octanol–water partition coefficient (Wildman–Crippen LogP) is 2.47. The number of carbonyl (C=O) groups is 3. The zero-order valence-electron chi connectivity index (χ0n) is 12.8. The Bertz CT molecular complexity index is 908. The number of ketones is 1. The molecule has 2 aliphatic rings. The minimum atomic E-state index is -1.11. The molecule has 0 N–H and O–H groups in total. The van der Waals surface area contributed by atoms with Crippen LogP contribution < -0.4 is 4.90 Å². The van der Waals surface area contributed by atoms with Crippen LogP contribution in [0.2, 0.25) is 5.02 Å². The molecule has 0 bridgehead atoms. The summed E-state index contributed by atoms with van der Waals surface area (Å²) < 4.78 is 0. The molecule has 0 saturated carbocycles. The molecule has 2 unspecified atom stereocenters. The fourth-order valence-corrected chi connectivity index (χ4v) is 3.07. The highest BCUT2D eigenvalue weighted by Crippen LogP contribution is 2.34. The van der Waals surface area contributed by atoms with E-state index < -0.39 is 29.6 Å². The van der Waals surface area contributed by atoms with Crippen molar-refractivity contribution in [1.29, 1.82) is 0 Å². The molecule has 2 amide bonds. The number of Topliss-reactive ketones (excluding diaryl/α,β-unsaturated/α-hetero) is 1. The van der Waals surface area contributed by atoms with Crippen LogP contribution >= 0.6 is 11.6 Å². The second-order valence-corrected chi connectivity index (χ2v) is 6.10. The van der Waals surface area contributed by atoms with E-state index in [4.69, 9.17) is 16.4 Å². The van der Waals surface area contributed by atoms with Crippen LogP contribution in [-0.2, 0) is 14.4 Å². The van der Waals surface area contributed by atoms with Crippen LogP contribution in [0.3, 0.4) is 0 Å². The maximum atomic E-state index is 12.8. The van der Waals surface area contributed by atoms with Gasteiger partial charge in [0.2, 0.25) is 17.8 Å². The first-order valence-corrected chi connectivity index (χ1v) is 7.92. The van der Waals surface area contributed by atoms with Crippen molar-refractivity contribution in [3.05, 3.63) is 65.2 Å². The highest BCUT2D eigenvalue weighted by atomic mass is 35.5. The lowest BCUT2D eigenvalue weighted by Gasteiger charge is -2.15. The molecule has 0 spiro atoms. The normalized spacial score (nSPS) is 21.8. The molecule has 6 nitrogen and oxygen atoms in total. The van der Waals surface area contributed by atoms with E-state index >= 15 is 0 Å². The van der Waals surface area contributed by atoms with Crippen molar-refractivity contribution in [3.63, 3.8) is 0 Å². The van der Waals surface area contributed by atoms with Crippen LogP contribution in [-0.4, -0.2) is 29.4 Å². The summed E-state index contributed by atoms with van der Waals surface area (Å²) in [5.74, 6) is -2.53. The average molecular weight is 355 g/mol. The summed E-state index contributed by atoms with van der Waals surface area (Å²) in [4.78, 5) is 44.1. The zero-order chi connectivity index (χ0) is 17.6. The van der Waals surface area contributed by atoms with Gasteiger partial charge in [0, 0.05) is 10.6 Å². The maximum Gasteiger partial charge on any atom is 0.278 e. The van der Waals surface area contributed by atoms with Gasteiger partial charge in [0.25, 0.3) is 5.91 Å². The number of rotatable bonds is 3. The molecule has 2 aliphatic heterocycles. The molecular weight excluding hydrogens is 344 g/mol. The van der Waals surface area contributed by atoms with Crippen molar-refractivity contribution in [2.24, 2.45) is 11.1 Å². The number of carbonyl (C=O) groups excluding carboxylic acids is 3. The third kappa shape index (κ3) is 2.42. The fraction of sp³-hybridized carbons (Fsp3) is 0.111. The fourth-order valence-electron chi connectivity index (χ4n) is 2.95. The Hall–Kier alpha value is -2.99. The highest BCUT2D eigenvalue weighted by Gasteiger charge is 2.57. The first kappa shape index (κ1) is 15.5. The number of hydrogen-bond acceptors (Lipinski definition) is 5. The number of imide groups is 1. The Kier molecular flexibility index (Phi) is 3.62. The summed E-state index contributed by atoms with van der Waals surface area (Å²) in [5, 5.41) is 4.20. The van der Waals surface area contributed by atoms with Gasteiger partial charge in [-0.1, -0.05) is 47.1 Å². The first-order chi connectivity index (χ1) is 12.1. The first-order valence-electron chi connectivity index (χ1n) is 7.55. The van der Waals surface area contributed by atoms with Crippen LogP contribution in [0.1, 0.15) is 10.4 Å². The molecule has 1 fully saturated rings. The number of oxime groups is 1. The van der Waals surface area contributed by atoms with Gasteiger partial charge in [-0.25, -0.2) is 4.90 Å². The van der Waals surface area contributed by atoms with Crippen LogP contribution in [0.4, 0.5) is 5.69 Å². The molecule has 0 aliphatic carbocycles. The maximum absolute atomic E-state index is 12.8. The predicted molar refractivity (Wildman–Crippen MR) is 90.5 cm³/mol. The Labute approximate surface area is 147 Å². The number of fused-ring (bicyclic) bond motifs is 1. The van der Waals surface area contributed by atoms with Crippen LogP contribution in [0.15, 0.2) is 59.8 Å². The Morgan fingerprint density at radius 1 is 1.00 bits per heavy atom. The highest BCUT2D eigenvalue weighted by molar-refractivity contribution is 6.52. The van der Waals surface area contributed by atoms with E-state index in [0.717, 1.165) is 4.90 Å². The summed E-state index contributed by atoms with van der Waals surface area (Å²) >= 11 is 5.84. The lowest BCUT2D eigenvalue weighted by atomic mass is 9.93. The van der Waals surface area contributed by atoms with E-state index in [1.807, 2.05) is 0 Å². The third-order valence-electron chi connectivity index (χ3n) is 4.17. The zero-order valence-corrected chi connectivity index (χ0v) is 13.5. The van der Waals surface area contributed by atoms with E-state index in [0.29, 0.717) is 16.3 Å². The van der Waals surface area contributed by atoms with Crippen molar-refractivity contribution in [1.82, 2.24) is 0 Å². The number of halogens is 1. The second kappa shape index (κ2) is 5.82. The van der Waals surface area contributed by atoms with E-state index in [1.54, 1.807) is 54.6 Å². The van der Waals surface area contributed by atoms with E-state index in [9.17, 15) is 14.4 Å². The lowest BCUT2D eigenvalue weighted by molar-refractivity contribution is -0.126. The van der Waals surface area contributed by atoms with E-state index in [-0.39, 0.29) is 5.71 Å². The lowest BCUT2D eigenvalue weighted by Crippen LogP contribution is -2.34. The molecular formula is C18H11ClN2O4. The summed E-state index contributed by atoms with van der Waals surface area (Å²) in [6.45, 7) is 0. The largest absolute Gasteiger partial charge is 0.381 e. The van der Waals surface area contributed by atoms with Crippen molar-refractivity contribution < 1.29 is 19.2 Å². The van der Waals surface area contributed by atoms with Crippen LogP contribution in [0.5, 0.6) is 0 Å². The van der Waals surface area contributed by atoms with Crippen LogP contribution in [0.25, 0.3) is 0 Å². The molecule has 1 saturated heterocycles. The van der Waals surface area contributed by atoms with Crippen LogP contribution in [0, 0.1) is 5.92 Å². The van der Waals surface area contributed by atoms with Gasteiger partial charge >= 0.3 is 0 Å². The Morgan fingerprint density at radius 3 is 2.36 bits per heavy atom. The monoisotopic (exact) mass is 354 g/mol. The minimum Gasteiger partial charge on any atom is -0.381 e. The Morgan fingerprint density at radius 2 is 1.68 bits per heavy atom. The second-order valence-electron chi connectivity index (χ2n) is 5.66. The molecule has 0 radical (unpaired) electrons. The third-order valence-corrected chi connectivity index (χ3v) is 4.42. The van der Waals surface area contributed by atoms with Gasteiger partial charge in [0.15, 0.2) is 0 Å². The van der Waals surface area contributed by atoms with Gasteiger partial charge in [-0.15, -0.1) is 0 Å². The molecule has 7 heteroatoms. The molecule has 2 aromatic carbocycles. The van der Waals surface area contributed by atoms with E-state index in [1.165, 1.54) is 0 Å². The SMILES string of the molecule is O=C(C1=NOC2C(=O)N(c3ccc(Cl)cc3)C(=O)C12)c1ccccc1. The molecule has 4 rings (SSSR count). The van der Waals surface area contributed by atoms with Crippen molar-refractivity contribution in [2.75, 3.05) is 4.90 Å². The molecule has 2 atom stereocenters. The summed E-state index contributed by atoms with van der Waals surface area (Å²) in [7, 11) is 0.